The van der Waals surface area contributed by atoms with Gasteiger partial charge in [-0.25, -0.2) is 14.4 Å². The van der Waals surface area contributed by atoms with E-state index in [4.69, 9.17) is 0 Å². The quantitative estimate of drug-likeness (QED) is 0.928. The van der Waals surface area contributed by atoms with E-state index in [2.05, 4.69) is 20.2 Å². The van der Waals surface area contributed by atoms with E-state index in [1.807, 2.05) is 19.9 Å². The number of aryl methyl sites for hydroxylation is 1. The molecule has 0 aliphatic carbocycles. The van der Waals surface area contributed by atoms with Crippen LogP contribution in [0.3, 0.4) is 0 Å². The summed E-state index contributed by atoms with van der Waals surface area (Å²) in [4.78, 5) is 23.4. The van der Waals surface area contributed by atoms with E-state index in [1.54, 1.807) is 18.5 Å². The lowest BCUT2D eigenvalue weighted by molar-refractivity contribution is -0.130. The molecule has 0 unspecified atom stereocenters. The van der Waals surface area contributed by atoms with Crippen molar-refractivity contribution in [2.45, 2.75) is 33.2 Å². The highest BCUT2D eigenvalue weighted by molar-refractivity contribution is 5.83. The number of hydrogen-bond acceptors (Lipinski definition) is 4. The molecule has 2 aromatic rings. The minimum Gasteiger partial charge on any atom is -0.355 e. The van der Waals surface area contributed by atoms with E-state index in [0.717, 1.165) is 36.5 Å². The van der Waals surface area contributed by atoms with Crippen LogP contribution in [0.5, 0.6) is 0 Å². The maximum Gasteiger partial charge on any atom is 0.227 e. The third-order valence-corrected chi connectivity index (χ3v) is 4.72. The highest BCUT2D eigenvalue weighted by Gasteiger charge is 2.38. The number of amides is 1. The van der Waals surface area contributed by atoms with Gasteiger partial charge in [0.15, 0.2) is 0 Å². The van der Waals surface area contributed by atoms with Crippen LogP contribution in [-0.4, -0.2) is 29.0 Å². The zero-order valence-electron chi connectivity index (χ0n) is 14.6. The van der Waals surface area contributed by atoms with Gasteiger partial charge >= 0.3 is 0 Å². The third-order valence-electron chi connectivity index (χ3n) is 4.72. The van der Waals surface area contributed by atoms with E-state index in [9.17, 15) is 9.18 Å². The highest BCUT2D eigenvalue weighted by atomic mass is 19.1. The van der Waals surface area contributed by atoms with Crippen molar-refractivity contribution in [3.8, 4) is 0 Å². The average Bonchev–Trinajstić information content (AvgIpc) is 2.61. The molecule has 0 saturated carbocycles. The number of benzene rings is 1. The fourth-order valence-corrected chi connectivity index (χ4v) is 3.23. The topological polar surface area (TPSA) is 58.1 Å². The van der Waals surface area contributed by atoms with Crippen LogP contribution in [0.2, 0.25) is 0 Å². The molecule has 1 aliphatic rings. The molecule has 3 rings (SSSR count). The van der Waals surface area contributed by atoms with Crippen LogP contribution in [0.15, 0.2) is 36.7 Å². The van der Waals surface area contributed by atoms with Crippen molar-refractivity contribution in [2.75, 3.05) is 18.0 Å². The lowest BCUT2D eigenvalue weighted by Crippen LogP contribution is -2.50. The Kier molecular flexibility index (Phi) is 4.97. The first-order valence-corrected chi connectivity index (χ1v) is 8.53. The molecule has 1 aromatic heterocycles. The van der Waals surface area contributed by atoms with E-state index in [1.165, 1.54) is 12.1 Å². The summed E-state index contributed by atoms with van der Waals surface area (Å²) in [5, 5.41) is 2.99. The summed E-state index contributed by atoms with van der Waals surface area (Å²) >= 11 is 0. The fraction of sp³-hybridized carbons (Fsp3) is 0.421. The summed E-state index contributed by atoms with van der Waals surface area (Å²) in [6.07, 6.45) is 3.33. The number of carbonyl (C=O) groups is 1. The number of anilines is 1. The molecule has 1 saturated heterocycles. The van der Waals surface area contributed by atoms with Crippen molar-refractivity contribution in [3.63, 3.8) is 0 Å². The highest BCUT2D eigenvalue weighted by Crippen LogP contribution is 2.32. The third kappa shape index (κ3) is 4.13. The van der Waals surface area contributed by atoms with Gasteiger partial charge < -0.3 is 10.2 Å². The zero-order chi connectivity index (χ0) is 17.9. The standard InChI is InChI=1S/C19H23FN4O/c1-14-10-17(23-13-22-14)24-9-3-8-19(2,12-24)18(25)21-11-15-4-6-16(20)7-5-15/h4-7,10,13H,3,8-9,11-12H2,1-2H3,(H,21,25)/t19-/m0/s1. The van der Waals surface area contributed by atoms with Gasteiger partial charge in [0.2, 0.25) is 5.91 Å². The van der Waals surface area contributed by atoms with E-state index in [-0.39, 0.29) is 11.7 Å². The number of halogens is 1. The molecular formula is C19H23FN4O. The first kappa shape index (κ1) is 17.3. The van der Waals surface area contributed by atoms with Crippen LogP contribution >= 0.6 is 0 Å². The fourth-order valence-electron chi connectivity index (χ4n) is 3.23. The molecule has 6 heteroatoms. The van der Waals surface area contributed by atoms with Gasteiger partial charge in [-0.2, -0.15) is 0 Å². The maximum atomic E-state index is 13.0. The summed E-state index contributed by atoms with van der Waals surface area (Å²) in [6.45, 7) is 5.84. The van der Waals surface area contributed by atoms with Crippen molar-refractivity contribution in [3.05, 3.63) is 53.7 Å². The van der Waals surface area contributed by atoms with E-state index < -0.39 is 5.41 Å². The lowest BCUT2D eigenvalue weighted by Gasteiger charge is -2.40. The Hall–Kier alpha value is -2.50. The van der Waals surface area contributed by atoms with E-state index >= 15 is 0 Å². The summed E-state index contributed by atoms with van der Waals surface area (Å²) in [5.74, 6) is 0.613. The molecule has 132 valence electrons. The Labute approximate surface area is 147 Å². The number of rotatable bonds is 4. The summed E-state index contributed by atoms with van der Waals surface area (Å²) in [7, 11) is 0. The second-order valence-corrected chi connectivity index (χ2v) is 6.91. The molecule has 0 radical (unpaired) electrons. The van der Waals surface area contributed by atoms with Crippen molar-refractivity contribution in [1.82, 2.24) is 15.3 Å². The Balaban J connectivity index is 1.65. The minimum absolute atomic E-state index is 0.0207. The van der Waals surface area contributed by atoms with Gasteiger partial charge in [0, 0.05) is 31.4 Å². The molecule has 0 bridgehead atoms. The summed E-state index contributed by atoms with van der Waals surface area (Å²) in [5.41, 5.74) is 1.33. The molecule has 0 spiro atoms. The molecule has 1 aromatic carbocycles. The molecule has 1 aliphatic heterocycles. The van der Waals surface area contributed by atoms with E-state index in [0.29, 0.717) is 13.1 Å². The zero-order valence-corrected chi connectivity index (χ0v) is 14.6. The number of nitrogens with zero attached hydrogens (tertiary/aromatic N) is 3. The van der Waals surface area contributed by atoms with Gasteiger partial charge in [0.1, 0.15) is 18.0 Å². The number of hydrogen-bond donors (Lipinski definition) is 1. The van der Waals surface area contributed by atoms with Gasteiger partial charge in [-0.1, -0.05) is 12.1 Å². The van der Waals surface area contributed by atoms with Gasteiger partial charge in [-0.05, 0) is 44.4 Å². The second-order valence-electron chi connectivity index (χ2n) is 6.91. The van der Waals surface area contributed by atoms with Gasteiger partial charge in [-0.15, -0.1) is 0 Å². The first-order chi connectivity index (χ1) is 12.0. The van der Waals surface area contributed by atoms with Crippen molar-refractivity contribution in [2.24, 2.45) is 5.41 Å². The Morgan fingerprint density at radius 1 is 1.32 bits per heavy atom. The van der Waals surface area contributed by atoms with Crippen LogP contribution in [0.1, 0.15) is 31.0 Å². The molecule has 1 N–H and O–H groups in total. The molecule has 5 nitrogen and oxygen atoms in total. The lowest BCUT2D eigenvalue weighted by atomic mass is 9.81. The number of piperidine rings is 1. The normalized spacial score (nSPS) is 20.4. The SMILES string of the molecule is Cc1cc(N2CCC[C@](C)(C(=O)NCc3ccc(F)cc3)C2)ncn1. The second kappa shape index (κ2) is 7.17. The predicted octanol–water partition coefficient (Wildman–Crippen LogP) is 2.85. The van der Waals surface area contributed by atoms with Crippen LogP contribution in [0, 0.1) is 18.2 Å². The predicted molar refractivity (Wildman–Crippen MR) is 94.6 cm³/mol. The molecule has 1 atom stereocenters. The van der Waals surface area contributed by atoms with Crippen LogP contribution in [0.25, 0.3) is 0 Å². The average molecular weight is 342 g/mol. The van der Waals surface area contributed by atoms with Gasteiger partial charge in [0.25, 0.3) is 0 Å². The molecule has 2 heterocycles. The van der Waals surface area contributed by atoms with Gasteiger partial charge in [-0.3, -0.25) is 4.79 Å². The monoisotopic (exact) mass is 342 g/mol. The molecular weight excluding hydrogens is 319 g/mol. The smallest absolute Gasteiger partial charge is 0.227 e. The maximum absolute atomic E-state index is 13.0. The number of aromatic nitrogens is 2. The van der Waals surface area contributed by atoms with Crippen molar-refractivity contribution < 1.29 is 9.18 Å². The molecule has 25 heavy (non-hydrogen) atoms. The molecule has 1 fully saturated rings. The minimum atomic E-state index is -0.475. The Morgan fingerprint density at radius 3 is 2.80 bits per heavy atom. The molecule has 1 amide bonds. The van der Waals surface area contributed by atoms with Crippen LogP contribution < -0.4 is 10.2 Å². The largest absolute Gasteiger partial charge is 0.355 e. The van der Waals surface area contributed by atoms with Crippen LogP contribution in [0.4, 0.5) is 10.2 Å². The van der Waals surface area contributed by atoms with Crippen LogP contribution in [-0.2, 0) is 11.3 Å². The Morgan fingerprint density at radius 2 is 2.08 bits per heavy atom. The summed E-state index contributed by atoms with van der Waals surface area (Å²) < 4.78 is 13.0. The number of nitrogens with one attached hydrogen (secondary N) is 1. The number of carbonyl (C=O) groups excluding carboxylic acids is 1. The van der Waals surface area contributed by atoms with Crippen molar-refractivity contribution >= 4 is 11.7 Å². The Bertz CT molecular complexity index is 749. The first-order valence-electron chi connectivity index (χ1n) is 8.53. The summed E-state index contributed by atoms with van der Waals surface area (Å²) in [6, 6.07) is 8.14. The van der Waals surface area contributed by atoms with Crippen molar-refractivity contribution in [1.29, 1.82) is 0 Å². The van der Waals surface area contributed by atoms with Gasteiger partial charge in [0.05, 0.1) is 5.41 Å².